The Hall–Kier alpha value is -2.21. The largest absolute Gasteiger partial charge is 0.494 e. The van der Waals surface area contributed by atoms with Gasteiger partial charge in [-0.1, -0.05) is 6.92 Å². The lowest BCUT2D eigenvalue weighted by Crippen LogP contribution is -2.17. The van der Waals surface area contributed by atoms with Crippen molar-refractivity contribution in [2.24, 2.45) is 5.92 Å². The highest BCUT2D eigenvalue weighted by atomic mass is 32.1. The summed E-state index contributed by atoms with van der Waals surface area (Å²) in [6.07, 6.45) is 3.15. The maximum Gasteiger partial charge on any atom is 0.256 e. The van der Waals surface area contributed by atoms with Gasteiger partial charge in [0.2, 0.25) is 0 Å². The molecule has 0 radical (unpaired) electrons. The second-order valence-electron chi connectivity index (χ2n) is 6.67. The smallest absolute Gasteiger partial charge is 0.256 e. The summed E-state index contributed by atoms with van der Waals surface area (Å²) in [6.45, 7) is 4.14. The van der Waals surface area contributed by atoms with Gasteiger partial charge >= 0.3 is 0 Å². The summed E-state index contributed by atoms with van der Waals surface area (Å²) < 4.78 is 16.3. The summed E-state index contributed by atoms with van der Waals surface area (Å²) in [5.41, 5.74) is 3.33. The van der Waals surface area contributed by atoms with Crippen molar-refractivity contribution in [3.63, 3.8) is 0 Å². The minimum Gasteiger partial charge on any atom is -0.494 e. The molecule has 1 aliphatic rings. The number of thiophene rings is 1. The molecule has 1 atom stereocenters. The quantitative estimate of drug-likeness (QED) is 0.838. The van der Waals surface area contributed by atoms with Gasteiger partial charge in [0.1, 0.15) is 5.75 Å². The third-order valence-electron chi connectivity index (χ3n) is 4.95. The van der Waals surface area contributed by atoms with Crippen LogP contribution in [-0.2, 0) is 12.8 Å². The molecule has 0 unspecified atom stereocenters. The lowest BCUT2D eigenvalue weighted by atomic mass is 9.88. The summed E-state index contributed by atoms with van der Waals surface area (Å²) >= 11 is 1.68. The van der Waals surface area contributed by atoms with Gasteiger partial charge in [0.05, 0.1) is 32.6 Å². The van der Waals surface area contributed by atoms with Gasteiger partial charge in [-0.3, -0.25) is 4.79 Å². The van der Waals surface area contributed by atoms with E-state index in [4.69, 9.17) is 14.2 Å². The van der Waals surface area contributed by atoms with E-state index in [-0.39, 0.29) is 5.91 Å². The average Bonchev–Trinajstić information content (AvgIpc) is 3.04. The normalized spacial score (nSPS) is 16.0. The molecule has 0 spiro atoms. The highest BCUT2D eigenvalue weighted by Crippen LogP contribution is 2.43. The number of methoxy groups -OCH3 is 3. The molecule has 5 nitrogen and oxygen atoms in total. The molecule has 26 heavy (non-hydrogen) atoms. The van der Waals surface area contributed by atoms with E-state index in [2.05, 4.69) is 12.2 Å². The van der Waals surface area contributed by atoms with Crippen molar-refractivity contribution in [2.45, 2.75) is 33.1 Å². The molecule has 0 aliphatic heterocycles. The maximum atomic E-state index is 12.9. The Morgan fingerprint density at radius 3 is 2.58 bits per heavy atom. The van der Waals surface area contributed by atoms with E-state index in [0.29, 0.717) is 28.9 Å². The molecule has 3 rings (SSSR count). The first kappa shape index (κ1) is 18.6. The van der Waals surface area contributed by atoms with Crippen molar-refractivity contribution in [1.82, 2.24) is 0 Å². The van der Waals surface area contributed by atoms with Crippen molar-refractivity contribution < 1.29 is 19.0 Å². The predicted molar refractivity (Wildman–Crippen MR) is 104 cm³/mol. The molecule has 1 N–H and O–H groups in total. The Morgan fingerprint density at radius 1 is 1.19 bits per heavy atom. The Bertz CT molecular complexity index is 828. The van der Waals surface area contributed by atoms with Crippen LogP contribution in [0.5, 0.6) is 17.2 Å². The van der Waals surface area contributed by atoms with Gasteiger partial charge in [-0.2, -0.15) is 0 Å². The van der Waals surface area contributed by atoms with Gasteiger partial charge in [0.25, 0.3) is 5.91 Å². The first-order chi connectivity index (χ1) is 12.5. The van der Waals surface area contributed by atoms with Crippen LogP contribution in [0.25, 0.3) is 0 Å². The fourth-order valence-corrected chi connectivity index (χ4v) is 4.82. The Balaban J connectivity index is 1.94. The molecule has 140 valence electrons. The van der Waals surface area contributed by atoms with E-state index >= 15 is 0 Å². The number of hydrogen-bond acceptors (Lipinski definition) is 5. The standard InChI is InChI=1S/C20H25NO4S/c1-11-6-7-13-14(10-26-17(13)8-11)20(22)21-15-9-16(23-3)19(25-5)12(2)18(15)24-4/h9-11H,6-8H2,1-5H3,(H,21,22)/t11-/m1/s1. The number of ether oxygens (including phenoxy) is 3. The number of nitrogens with one attached hydrogen (secondary N) is 1. The van der Waals surface area contributed by atoms with Crippen LogP contribution < -0.4 is 19.5 Å². The number of benzene rings is 1. The Morgan fingerprint density at radius 2 is 1.92 bits per heavy atom. The molecule has 2 aromatic rings. The summed E-state index contributed by atoms with van der Waals surface area (Å²) in [4.78, 5) is 14.3. The molecule has 0 bridgehead atoms. The van der Waals surface area contributed by atoms with Crippen LogP contribution in [-0.4, -0.2) is 27.2 Å². The number of fused-ring (bicyclic) bond motifs is 1. The lowest BCUT2D eigenvalue weighted by molar-refractivity contribution is 0.102. The average molecular weight is 375 g/mol. The Labute approximate surface area is 158 Å². The highest BCUT2D eigenvalue weighted by molar-refractivity contribution is 7.10. The number of rotatable bonds is 5. The van der Waals surface area contributed by atoms with Crippen molar-refractivity contribution in [3.8, 4) is 17.2 Å². The van der Waals surface area contributed by atoms with Crippen molar-refractivity contribution in [2.75, 3.05) is 26.6 Å². The van der Waals surface area contributed by atoms with E-state index in [1.807, 2.05) is 12.3 Å². The van der Waals surface area contributed by atoms with Crippen LogP contribution in [0.3, 0.4) is 0 Å². The van der Waals surface area contributed by atoms with Crippen LogP contribution >= 0.6 is 11.3 Å². The number of anilines is 1. The van der Waals surface area contributed by atoms with Gasteiger partial charge in [-0.05, 0) is 37.7 Å². The molecule has 1 aromatic heterocycles. The Kier molecular flexibility index (Phi) is 5.41. The highest BCUT2D eigenvalue weighted by Gasteiger charge is 2.25. The van der Waals surface area contributed by atoms with Crippen molar-refractivity contribution in [3.05, 3.63) is 33.0 Å². The van der Waals surface area contributed by atoms with Gasteiger partial charge in [0.15, 0.2) is 11.5 Å². The maximum absolute atomic E-state index is 12.9. The first-order valence-corrected chi connectivity index (χ1v) is 9.58. The number of amides is 1. The second kappa shape index (κ2) is 7.58. The molecule has 1 aliphatic carbocycles. The molecular formula is C20H25NO4S. The summed E-state index contributed by atoms with van der Waals surface area (Å²) in [5.74, 6) is 2.31. The number of hydrogen-bond donors (Lipinski definition) is 1. The van der Waals surface area contributed by atoms with E-state index in [1.54, 1.807) is 38.7 Å². The summed E-state index contributed by atoms with van der Waals surface area (Å²) in [6, 6.07) is 1.74. The number of carbonyl (C=O) groups excluding carboxylic acids is 1. The van der Waals surface area contributed by atoms with Crippen LogP contribution in [0.4, 0.5) is 5.69 Å². The zero-order chi connectivity index (χ0) is 18.8. The van der Waals surface area contributed by atoms with E-state index < -0.39 is 0 Å². The molecule has 1 amide bonds. The third kappa shape index (κ3) is 3.26. The monoisotopic (exact) mass is 375 g/mol. The van der Waals surface area contributed by atoms with Crippen LogP contribution in [0.2, 0.25) is 0 Å². The SMILES string of the molecule is COc1cc(NC(=O)c2csc3c2CC[C@@H](C)C3)c(OC)c(C)c1OC. The van der Waals surface area contributed by atoms with Gasteiger partial charge in [-0.15, -0.1) is 11.3 Å². The zero-order valence-corrected chi connectivity index (χ0v) is 16.7. The fourth-order valence-electron chi connectivity index (χ4n) is 3.57. The van der Waals surface area contributed by atoms with Crippen LogP contribution in [0.15, 0.2) is 11.4 Å². The van der Waals surface area contributed by atoms with Gasteiger partial charge in [0, 0.05) is 21.9 Å². The van der Waals surface area contributed by atoms with Crippen LogP contribution in [0, 0.1) is 12.8 Å². The molecule has 1 aromatic carbocycles. The van der Waals surface area contributed by atoms with Crippen LogP contribution in [0.1, 0.15) is 39.7 Å². The summed E-state index contributed by atoms with van der Waals surface area (Å²) in [7, 11) is 4.74. The minimum atomic E-state index is -0.109. The van der Waals surface area contributed by atoms with E-state index in [0.717, 1.165) is 30.4 Å². The van der Waals surface area contributed by atoms with Gasteiger partial charge < -0.3 is 19.5 Å². The molecule has 0 saturated heterocycles. The fraction of sp³-hybridized carbons (Fsp3) is 0.450. The minimum absolute atomic E-state index is 0.109. The molecule has 6 heteroatoms. The topological polar surface area (TPSA) is 56.8 Å². The third-order valence-corrected chi connectivity index (χ3v) is 6.00. The first-order valence-electron chi connectivity index (χ1n) is 8.70. The molecular weight excluding hydrogens is 350 g/mol. The summed E-state index contributed by atoms with van der Waals surface area (Å²) in [5, 5.41) is 4.97. The second-order valence-corrected chi connectivity index (χ2v) is 7.64. The predicted octanol–water partition coefficient (Wildman–Crippen LogP) is 4.46. The molecule has 0 fully saturated rings. The van der Waals surface area contributed by atoms with Crippen molar-refractivity contribution >= 4 is 22.9 Å². The molecule has 1 heterocycles. The lowest BCUT2D eigenvalue weighted by Gasteiger charge is -2.20. The molecule has 0 saturated carbocycles. The zero-order valence-electron chi connectivity index (χ0n) is 15.9. The number of carbonyl (C=O) groups is 1. The van der Waals surface area contributed by atoms with Crippen molar-refractivity contribution in [1.29, 1.82) is 0 Å². The van der Waals surface area contributed by atoms with E-state index in [1.165, 1.54) is 10.4 Å². The van der Waals surface area contributed by atoms with Gasteiger partial charge in [-0.25, -0.2) is 0 Å². The van der Waals surface area contributed by atoms with E-state index in [9.17, 15) is 4.79 Å².